The van der Waals surface area contributed by atoms with Crippen LogP contribution in [0.1, 0.15) is 18.9 Å². The number of primary sulfonamides is 1. The highest BCUT2D eigenvalue weighted by Crippen LogP contribution is 2.08. The van der Waals surface area contributed by atoms with Crippen LogP contribution >= 0.6 is 12.4 Å². The van der Waals surface area contributed by atoms with Crippen molar-refractivity contribution in [2.75, 3.05) is 0 Å². The number of nitrogens with one attached hydrogen (secondary N) is 1. The first-order valence-corrected chi connectivity index (χ1v) is 7.04. The van der Waals surface area contributed by atoms with Crippen LogP contribution in [0.2, 0.25) is 0 Å². The van der Waals surface area contributed by atoms with E-state index in [2.05, 4.69) is 5.32 Å². The van der Waals surface area contributed by atoms with Crippen molar-refractivity contribution in [1.82, 2.24) is 5.32 Å². The normalized spacial score (nSPS) is 12.4. The lowest BCUT2D eigenvalue weighted by Crippen LogP contribution is -2.39. The third-order valence-electron chi connectivity index (χ3n) is 2.50. The van der Waals surface area contributed by atoms with Gasteiger partial charge in [-0.15, -0.1) is 12.4 Å². The summed E-state index contributed by atoms with van der Waals surface area (Å²) >= 11 is 0. The van der Waals surface area contributed by atoms with Gasteiger partial charge in [-0.05, 0) is 24.1 Å². The zero-order valence-corrected chi connectivity index (χ0v) is 12.1. The Morgan fingerprint density at radius 2 is 1.84 bits per heavy atom. The molecule has 0 heterocycles. The van der Waals surface area contributed by atoms with Crippen molar-refractivity contribution < 1.29 is 13.2 Å². The lowest BCUT2D eigenvalue weighted by atomic mass is 10.2. The van der Waals surface area contributed by atoms with E-state index in [0.29, 0.717) is 13.0 Å². The second kappa shape index (κ2) is 7.44. The molecule has 6 nitrogen and oxygen atoms in total. The molecule has 19 heavy (non-hydrogen) atoms. The monoisotopic (exact) mass is 307 g/mol. The number of halogens is 1. The minimum Gasteiger partial charge on any atom is -0.351 e. The van der Waals surface area contributed by atoms with Crippen molar-refractivity contribution in [2.45, 2.75) is 30.8 Å². The summed E-state index contributed by atoms with van der Waals surface area (Å²) < 4.78 is 22.1. The molecular weight excluding hydrogens is 290 g/mol. The number of carbonyl (C=O) groups excluding carboxylic acids is 1. The standard InChI is InChI=1S/C11H17N3O3S.ClH/c1-2-10(12)11(15)14-7-8-3-5-9(6-4-8)18(13,16)17;/h3-6,10H,2,7,12H2,1H3,(H,14,15)(H2,13,16,17);1H/t10-;/m0./s1. The first-order valence-electron chi connectivity index (χ1n) is 5.49. The van der Waals surface area contributed by atoms with E-state index >= 15 is 0 Å². The molecule has 0 aliphatic heterocycles. The fraction of sp³-hybridized carbons (Fsp3) is 0.364. The Bertz CT molecular complexity index is 516. The van der Waals surface area contributed by atoms with E-state index in [-0.39, 0.29) is 23.2 Å². The number of hydrogen-bond acceptors (Lipinski definition) is 4. The van der Waals surface area contributed by atoms with Crippen molar-refractivity contribution in [3.05, 3.63) is 29.8 Å². The van der Waals surface area contributed by atoms with Crippen LogP contribution in [0, 0.1) is 0 Å². The molecule has 0 aliphatic rings. The number of benzene rings is 1. The largest absolute Gasteiger partial charge is 0.351 e. The Labute approximate surface area is 119 Å². The zero-order valence-electron chi connectivity index (χ0n) is 10.5. The highest BCUT2D eigenvalue weighted by atomic mass is 35.5. The molecular formula is C11H18ClN3O3S. The number of sulfonamides is 1. The number of hydrogen-bond donors (Lipinski definition) is 3. The van der Waals surface area contributed by atoms with E-state index in [1.54, 1.807) is 12.1 Å². The van der Waals surface area contributed by atoms with Crippen molar-refractivity contribution >= 4 is 28.3 Å². The van der Waals surface area contributed by atoms with E-state index in [1.807, 2.05) is 6.92 Å². The highest BCUT2D eigenvalue weighted by Gasteiger charge is 2.10. The van der Waals surface area contributed by atoms with Crippen LogP contribution in [-0.4, -0.2) is 20.4 Å². The molecule has 8 heteroatoms. The lowest BCUT2D eigenvalue weighted by Gasteiger charge is -2.10. The number of rotatable bonds is 5. The number of nitrogens with two attached hydrogens (primary N) is 2. The molecule has 1 rings (SSSR count). The molecule has 0 saturated carbocycles. The van der Waals surface area contributed by atoms with Gasteiger partial charge in [0.1, 0.15) is 0 Å². The van der Waals surface area contributed by atoms with Gasteiger partial charge in [-0.3, -0.25) is 4.79 Å². The molecule has 0 saturated heterocycles. The SMILES string of the molecule is CC[C@H](N)C(=O)NCc1ccc(S(N)(=O)=O)cc1.Cl. The van der Waals surface area contributed by atoms with Gasteiger partial charge < -0.3 is 11.1 Å². The first-order chi connectivity index (χ1) is 8.34. The molecule has 0 fully saturated rings. The van der Waals surface area contributed by atoms with Crippen LogP contribution in [0.15, 0.2) is 29.2 Å². The predicted octanol–water partition coefficient (Wildman–Crippen LogP) is 0.109. The molecule has 1 amide bonds. The van der Waals surface area contributed by atoms with Gasteiger partial charge in [-0.25, -0.2) is 13.6 Å². The molecule has 5 N–H and O–H groups in total. The first kappa shape index (κ1) is 17.8. The molecule has 0 radical (unpaired) electrons. The topological polar surface area (TPSA) is 115 Å². The fourth-order valence-electron chi connectivity index (χ4n) is 1.30. The van der Waals surface area contributed by atoms with Crippen LogP contribution in [0.5, 0.6) is 0 Å². The predicted molar refractivity (Wildman–Crippen MR) is 75.2 cm³/mol. The second-order valence-electron chi connectivity index (χ2n) is 3.92. The molecule has 0 aliphatic carbocycles. The van der Waals surface area contributed by atoms with Crippen molar-refractivity contribution in [1.29, 1.82) is 0 Å². The van der Waals surface area contributed by atoms with Gasteiger partial charge in [-0.1, -0.05) is 19.1 Å². The summed E-state index contributed by atoms with van der Waals surface area (Å²) in [6.07, 6.45) is 0.566. The summed E-state index contributed by atoms with van der Waals surface area (Å²) in [4.78, 5) is 11.5. The maximum atomic E-state index is 11.4. The highest BCUT2D eigenvalue weighted by molar-refractivity contribution is 7.89. The van der Waals surface area contributed by atoms with Crippen molar-refractivity contribution in [3.63, 3.8) is 0 Å². The summed E-state index contributed by atoms with van der Waals surface area (Å²) in [6.45, 7) is 2.13. The molecule has 1 atom stereocenters. The third-order valence-corrected chi connectivity index (χ3v) is 3.42. The van der Waals surface area contributed by atoms with Gasteiger partial charge in [0.2, 0.25) is 15.9 Å². The number of carbonyl (C=O) groups is 1. The van der Waals surface area contributed by atoms with E-state index in [4.69, 9.17) is 10.9 Å². The molecule has 0 aromatic heterocycles. The van der Waals surface area contributed by atoms with Gasteiger partial charge in [0, 0.05) is 6.54 Å². The Morgan fingerprint density at radius 3 is 2.26 bits per heavy atom. The van der Waals surface area contributed by atoms with Crippen LogP contribution < -0.4 is 16.2 Å². The van der Waals surface area contributed by atoms with Gasteiger partial charge in [0.25, 0.3) is 0 Å². The third kappa shape index (κ3) is 5.56. The fourth-order valence-corrected chi connectivity index (χ4v) is 1.82. The Balaban J connectivity index is 0.00000324. The second-order valence-corrected chi connectivity index (χ2v) is 5.48. The molecule has 0 spiro atoms. The Kier molecular flexibility index (Phi) is 6.99. The molecule has 1 aromatic rings. The lowest BCUT2D eigenvalue weighted by molar-refractivity contribution is -0.122. The summed E-state index contributed by atoms with van der Waals surface area (Å²) in [5.74, 6) is -0.229. The van der Waals surface area contributed by atoms with Gasteiger partial charge in [0.05, 0.1) is 10.9 Å². The van der Waals surface area contributed by atoms with Crippen molar-refractivity contribution in [3.8, 4) is 0 Å². The van der Waals surface area contributed by atoms with Crippen molar-refractivity contribution in [2.24, 2.45) is 10.9 Å². The van der Waals surface area contributed by atoms with E-state index in [9.17, 15) is 13.2 Å². The number of amides is 1. The minimum absolute atomic E-state index is 0. The summed E-state index contributed by atoms with van der Waals surface area (Å²) in [7, 11) is -3.68. The smallest absolute Gasteiger partial charge is 0.238 e. The van der Waals surface area contributed by atoms with Gasteiger partial charge >= 0.3 is 0 Å². The van der Waals surface area contributed by atoms with E-state index in [1.165, 1.54) is 12.1 Å². The van der Waals surface area contributed by atoms with Crippen LogP contribution in [-0.2, 0) is 21.4 Å². The summed E-state index contributed by atoms with van der Waals surface area (Å²) in [5, 5.41) is 7.64. The molecule has 0 bridgehead atoms. The van der Waals surface area contributed by atoms with E-state index in [0.717, 1.165) is 5.56 Å². The van der Waals surface area contributed by atoms with E-state index < -0.39 is 16.1 Å². The quantitative estimate of drug-likeness (QED) is 0.716. The summed E-state index contributed by atoms with van der Waals surface area (Å²) in [6, 6.07) is 5.47. The van der Waals surface area contributed by atoms with Crippen LogP contribution in [0.4, 0.5) is 0 Å². The maximum Gasteiger partial charge on any atom is 0.238 e. The minimum atomic E-state index is -3.68. The summed E-state index contributed by atoms with van der Waals surface area (Å²) in [5.41, 5.74) is 6.33. The Hall–Kier alpha value is -1.15. The zero-order chi connectivity index (χ0) is 13.8. The average molecular weight is 308 g/mol. The van der Waals surface area contributed by atoms with Crippen LogP contribution in [0.25, 0.3) is 0 Å². The van der Waals surface area contributed by atoms with Gasteiger partial charge in [-0.2, -0.15) is 0 Å². The molecule has 1 aromatic carbocycles. The van der Waals surface area contributed by atoms with Crippen LogP contribution in [0.3, 0.4) is 0 Å². The Morgan fingerprint density at radius 1 is 1.32 bits per heavy atom. The molecule has 108 valence electrons. The maximum absolute atomic E-state index is 11.4. The van der Waals surface area contributed by atoms with Gasteiger partial charge in [0.15, 0.2) is 0 Å². The average Bonchev–Trinajstić information content (AvgIpc) is 2.34. The molecule has 0 unspecified atom stereocenters.